The van der Waals surface area contributed by atoms with Gasteiger partial charge < -0.3 is 9.84 Å². The summed E-state index contributed by atoms with van der Waals surface area (Å²) in [6.45, 7) is 2.88. The lowest BCUT2D eigenvalue weighted by molar-refractivity contribution is 0.180. The van der Waals surface area contributed by atoms with Gasteiger partial charge in [-0.1, -0.05) is 12.1 Å². The molecular formula is C13H20N2O4S. The number of piperazine rings is 1. The summed E-state index contributed by atoms with van der Waals surface area (Å²) in [5, 5.41) is 10.0. The molecule has 0 spiro atoms. The zero-order chi connectivity index (χ0) is 14.8. The van der Waals surface area contributed by atoms with Gasteiger partial charge in [0.2, 0.25) is 10.0 Å². The largest absolute Gasteiger partial charge is 0.504 e. The molecule has 2 rings (SSSR count). The number of sulfonamides is 1. The molecule has 0 atom stereocenters. The summed E-state index contributed by atoms with van der Waals surface area (Å²) in [4.78, 5) is 2.12. The molecule has 1 aromatic rings. The molecule has 1 fully saturated rings. The first-order valence-corrected chi connectivity index (χ1v) is 8.29. The topological polar surface area (TPSA) is 70.1 Å². The second-order valence-corrected chi connectivity index (χ2v) is 6.89. The van der Waals surface area contributed by atoms with Gasteiger partial charge in [-0.15, -0.1) is 0 Å². The van der Waals surface area contributed by atoms with E-state index in [2.05, 4.69) is 4.90 Å². The molecule has 1 N–H and O–H groups in total. The molecule has 7 heteroatoms. The second kappa shape index (κ2) is 5.99. The molecule has 1 heterocycles. The van der Waals surface area contributed by atoms with Gasteiger partial charge in [0, 0.05) is 38.3 Å². The monoisotopic (exact) mass is 300 g/mol. The van der Waals surface area contributed by atoms with Crippen LogP contribution in [0.4, 0.5) is 0 Å². The Morgan fingerprint density at radius 1 is 1.25 bits per heavy atom. The fraction of sp³-hybridized carbons (Fsp3) is 0.538. The summed E-state index contributed by atoms with van der Waals surface area (Å²) < 4.78 is 29.4. The normalized spacial score (nSPS) is 18.1. The Hall–Kier alpha value is -1.31. The molecule has 0 saturated carbocycles. The summed E-state index contributed by atoms with van der Waals surface area (Å²) in [6.07, 6.45) is 1.23. The lowest BCUT2D eigenvalue weighted by atomic mass is 10.1. The molecule has 1 saturated heterocycles. The maximum Gasteiger partial charge on any atom is 0.211 e. The Bertz CT molecular complexity index is 566. The molecule has 0 unspecified atom stereocenters. The molecular weight excluding hydrogens is 280 g/mol. The van der Waals surface area contributed by atoms with Crippen molar-refractivity contribution in [2.75, 3.05) is 39.5 Å². The number of phenolic OH excluding ortho intramolecular Hbond substituents is 1. The average Bonchev–Trinajstić information content (AvgIpc) is 2.41. The van der Waals surface area contributed by atoms with Crippen LogP contribution < -0.4 is 4.74 Å². The van der Waals surface area contributed by atoms with Gasteiger partial charge in [-0.25, -0.2) is 8.42 Å². The van der Waals surface area contributed by atoms with Gasteiger partial charge in [0.15, 0.2) is 11.5 Å². The third kappa shape index (κ3) is 3.41. The van der Waals surface area contributed by atoms with E-state index in [9.17, 15) is 13.5 Å². The summed E-state index contributed by atoms with van der Waals surface area (Å²) in [5.74, 6) is 0.609. The number of rotatable bonds is 4. The Labute approximate surface area is 119 Å². The molecule has 1 aliphatic rings. The highest BCUT2D eigenvalue weighted by Crippen LogP contribution is 2.30. The lowest BCUT2D eigenvalue weighted by Crippen LogP contribution is -2.47. The standard InChI is InChI=1S/C13H20N2O4S/c1-19-12-5-3-4-11(13(12)16)10-14-6-8-15(9-7-14)20(2,17)18/h3-5,16H,6-10H2,1-2H3. The molecule has 1 aromatic carbocycles. The fourth-order valence-electron chi connectivity index (χ4n) is 2.32. The molecule has 1 aliphatic heterocycles. The van der Waals surface area contributed by atoms with Gasteiger partial charge in [-0.2, -0.15) is 4.31 Å². The van der Waals surface area contributed by atoms with E-state index in [1.54, 1.807) is 6.07 Å². The minimum absolute atomic E-state index is 0.153. The van der Waals surface area contributed by atoms with Crippen molar-refractivity contribution < 1.29 is 18.3 Å². The quantitative estimate of drug-likeness (QED) is 0.876. The summed E-state index contributed by atoms with van der Waals surface area (Å²) in [7, 11) is -1.59. The SMILES string of the molecule is COc1cccc(CN2CCN(S(C)(=O)=O)CC2)c1O. The predicted molar refractivity (Wildman–Crippen MR) is 76.4 cm³/mol. The van der Waals surface area contributed by atoms with Crippen molar-refractivity contribution in [2.45, 2.75) is 6.54 Å². The van der Waals surface area contributed by atoms with Crippen molar-refractivity contribution in [2.24, 2.45) is 0 Å². The number of benzene rings is 1. The first kappa shape index (κ1) is 15.1. The van der Waals surface area contributed by atoms with E-state index < -0.39 is 10.0 Å². The van der Waals surface area contributed by atoms with Crippen molar-refractivity contribution in [1.29, 1.82) is 0 Å². The zero-order valence-corrected chi connectivity index (χ0v) is 12.6. The number of methoxy groups -OCH3 is 1. The average molecular weight is 300 g/mol. The van der Waals surface area contributed by atoms with E-state index in [4.69, 9.17) is 4.74 Å². The Morgan fingerprint density at radius 2 is 1.90 bits per heavy atom. The van der Waals surface area contributed by atoms with Gasteiger partial charge >= 0.3 is 0 Å². The van der Waals surface area contributed by atoms with E-state index in [1.807, 2.05) is 12.1 Å². The molecule has 0 aromatic heterocycles. The molecule has 112 valence electrons. The van der Waals surface area contributed by atoms with Crippen LogP contribution in [-0.2, 0) is 16.6 Å². The van der Waals surface area contributed by atoms with Crippen LogP contribution in [0.15, 0.2) is 18.2 Å². The number of phenols is 1. The number of hydrogen-bond acceptors (Lipinski definition) is 5. The van der Waals surface area contributed by atoms with Crippen molar-refractivity contribution in [3.63, 3.8) is 0 Å². The van der Waals surface area contributed by atoms with Gasteiger partial charge in [0.25, 0.3) is 0 Å². The second-order valence-electron chi connectivity index (χ2n) is 4.91. The molecule has 0 aliphatic carbocycles. The van der Waals surface area contributed by atoms with E-state index in [0.29, 0.717) is 38.5 Å². The zero-order valence-electron chi connectivity index (χ0n) is 11.7. The number of aromatic hydroxyl groups is 1. The van der Waals surface area contributed by atoms with Crippen LogP contribution in [0.3, 0.4) is 0 Å². The van der Waals surface area contributed by atoms with E-state index >= 15 is 0 Å². The lowest BCUT2D eigenvalue weighted by Gasteiger charge is -2.33. The molecule has 0 bridgehead atoms. The third-order valence-corrected chi connectivity index (χ3v) is 4.80. The van der Waals surface area contributed by atoms with Gasteiger partial charge in [0.1, 0.15) is 0 Å². The minimum atomic E-state index is -3.10. The maximum absolute atomic E-state index is 11.4. The van der Waals surface area contributed by atoms with Gasteiger partial charge in [-0.3, -0.25) is 4.90 Å². The van der Waals surface area contributed by atoms with Crippen LogP contribution in [0.5, 0.6) is 11.5 Å². The maximum atomic E-state index is 11.4. The summed E-state index contributed by atoms with van der Waals surface area (Å²) in [6, 6.07) is 5.39. The Balaban J connectivity index is 2.00. The Morgan fingerprint density at radius 3 is 2.45 bits per heavy atom. The number of nitrogens with zero attached hydrogens (tertiary/aromatic N) is 2. The fourth-order valence-corrected chi connectivity index (χ4v) is 3.15. The highest BCUT2D eigenvalue weighted by Gasteiger charge is 2.23. The van der Waals surface area contributed by atoms with Gasteiger partial charge in [0.05, 0.1) is 13.4 Å². The van der Waals surface area contributed by atoms with Crippen molar-refractivity contribution in [3.8, 4) is 11.5 Å². The van der Waals surface area contributed by atoms with Gasteiger partial charge in [-0.05, 0) is 6.07 Å². The highest BCUT2D eigenvalue weighted by atomic mass is 32.2. The van der Waals surface area contributed by atoms with E-state index in [0.717, 1.165) is 5.56 Å². The summed E-state index contributed by atoms with van der Waals surface area (Å²) >= 11 is 0. The van der Waals surface area contributed by atoms with Crippen LogP contribution in [0, 0.1) is 0 Å². The molecule has 20 heavy (non-hydrogen) atoms. The molecule has 6 nitrogen and oxygen atoms in total. The molecule has 0 amide bonds. The number of ether oxygens (including phenoxy) is 1. The van der Waals surface area contributed by atoms with Crippen molar-refractivity contribution in [1.82, 2.24) is 9.21 Å². The van der Waals surface area contributed by atoms with Crippen LogP contribution in [-0.4, -0.2) is 62.3 Å². The molecule has 0 radical (unpaired) electrons. The Kier molecular flexibility index (Phi) is 4.52. The third-order valence-electron chi connectivity index (χ3n) is 3.50. The van der Waals surface area contributed by atoms with Crippen LogP contribution in [0.2, 0.25) is 0 Å². The van der Waals surface area contributed by atoms with Crippen LogP contribution in [0.25, 0.3) is 0 Å². The van der Waals surface area contributed by atoms with E-state index in [1.165, 1.54) is 17.7 Å². The minimum Gasteiger partial charge on any atom is -0.504 e. The highest BCUT2D eigenvalue weighted by molar-refractivity contribution is 7.88. The number of para-hydroxylation sites is 1. The van der Waals surface area contributed by atoms with E-state index in [-0.39, 0.29) is 5.75 Å². The smallest absolute Gasteiger partial charge is 0.211 e. The number of hydrogen-bond donors (Lipinski definition) is 1. The van der Waals surface area contributed by atoms with Crippen LogP contribution >= 0.6 is 0 Å². The first-order chi connectivity index (χ1) is 9.41. The summed E-state index contributed by atoms with van der Waals surface area (Å²) in [5.41, 5.74) is 0.789. The van der Waals surface area contributed by atoms with Crippen molar-refractivity contribution in [3.05, 3.63) is 23.8 Å². The van der Waals surface area contributed by atoms with Crippen LogP contribution in [0.1, 0.15) is 5.56 Å². The first-order valence-electron chi connectivity index (χ1n) is 6.44. The van der Waals surface area contributed by atoms with Crippen molar-refractivity contribution >= 4 is 10.0 Å². The predicted octanol–water partition coefficient (Wildman–Crippen LogP) is 0.478.